The Morgan fingerprint density at radius 2 is 1.81 bits per heavy atom. The van der Waals surface area contributed by atoms with E-state index in [2.05, 4.69) is 0 Å². The van der Waals surface area contributed by atoms with Crippen LogP contribution in [0.15, 0.2) is 48.5 Å². The summed E-state index contributed by atoms with van der Waals surface area (Å²) in [4.78, 5) is 29.4. The zero-order chi connectivity index (χ0) is 23.3. The molecule has 1 unspecified atom stereocenters. The van der Waals surface area contributed by atoms with Crippen LogP contribution in [0.4, 0.5) is 4.79 Å². The van der Waals surface area contributed by atoms with Crippen LogP contribution in [0.3, 0.4) is 0 Å². The molecule has 2 aromatic rings. The average molecular weight is 439 g/mol. The van der Waals surface area contributed by atoms with E-state index in [9.17, 15) is 14.7 Å². The second-order valence-corrected chi connectivity index (χ2v) is 9.49. The maximum absolute atomic E-state index is 13.2. The SMILES string of the molecule is Cc1ccc(O)c(CCC(=O)N2CCN(C(=O)OC(C)(C)C)CC2Cc2ccccc2)c1. The van der Waals surface area contributed by atoms with Gasteiger partial charge in [0.15, 0.2) is 0 Å². The summed E-state index contributed by atoms with van der Waals surface area (Å²) in [6.45, 7) is 8.88. The highest BCUT2D eigenvalue weighted by Crippen LogP contribution is 2.22. The molecule has 0 aromatic heterocycles. The number of piperazine rings is 1. The van der Waals surface area contributed by atoms with Gasteiger partial charge in [-0.25, -0.2) is 4.79 Å². The van der Waals surface area contributed by atoms with Crippen molar-refractivity contribution in [2.45, 2.75) is 58.6 Å². The van der Waals surface area contributed by atoms with Crippen LogP contribution < -0.4 is 0 Å². The number of aromatic hydroxyl groups is 1. The molecule has 1 saturated heterocycles. The molecule has 2 aromatic carbocycles. The second-order valence-electron chi connectivity index (χ2n) is 9.49. The number of benzene rings is 2. The van der Waals surface area contributed by atoms with Crippen LogP contribution in [0.2, 0.25) is 0 Å². The number of carbonyl (C=O) groups excluding carboxylic acids is 2. The van der Waals surface area contributed by atoms with E-state index in [0.717, 1.165) is 16.7 Å². The van der Waals surface area contributed by atoms with Gasteiger partial charge in [-0.3, -0.25) is 4.79 Å². The largest absolute Gasteiger partial charge is 0.508 e. The molecule has 0 saturated carbocycles. The summed E-state index contributed by atoms with van der Waals surface area (Å²) in [5, 5.41) is 10.1. The van der Waals surface area contributed by atoms with Gasteiger partial charge in [-0.1, -0.05) is 48.0 Å². The molecular formula is C26H34N2O4. The maximum atomic E-state index is 13.2. The number of aryl methyl sites for hydroxylation is 2. The third-order valence-electron chi connectivity index (χ3n) is 5.61. The Kier molecular flexibility index (Phi) is 7.44. The molecule has 3 rings (SSSR count). The standard InChI is InChI=1S/C26H34N2O4/c1-19-10-12-23(29)21(16-19)11-13-24(30)28-15-14-27(25(31)32-26(2,3)4)18-22(28)17-20-8-6-5-7-9-20/h5-10,12,16,22,29H,11,13-15,17-18H2,1-4H3. The highest BCUT2D eigenvalue weighted by Gasteiger charge is 2.34. The van der Waals surface area contributed by atoms with Crippen LogP contribution >= 0.6 is 0 Å². The van der Waals surface area contributed by atoms with Crippen LogP contribution in [0, 0.1) is 6.92 Å². The van der Waals surface area contributed by atoms with E-state index in [1.807, 2.05) is 75.1 Å². The number of rotatable bonds is 5. The van der Waals surface area contributed by atoms with Gasteiger partial charge in [0.05, 0.1) is 6.04 Å². The van der Waals surface area contributed by atoms with Gasteiger partial charge in [0.1, 0.15) is 11.4 Å². The predicted molar refractivity (Wildman–Crippen MR) is 125 cm³/mol. The van der Waals surface area contributed by atoms with E-state index >= 15 is 0 Å². The minimum absolute atomic E-state index is 0.0377. The summed E-state index contributed by atoms with van der Waals surface area (Å²) < 4.78 is 5.56. The third-order valence-corrected chi connectivity index (χ3v) is 5.61. The molecule has 32 heavy (non-hydrogen) atoms. The number of phenolic OH excluding ortho intramolecular Hbond substituents is 1. The fourth-order valence-corrected chi connectivity index (χ4v) is 4.04. The first-order valence-electron chi connectivity index (χ1n) is 11.2. The number of amides is 2. The van der Waals surface area contributed by atoms with Crippen LogP contribution in [0.5, 0.6) is 5.75 Å². The van der Waals surface area contributed by atoms with Gasteiger partial charge in [0, 0.05) is 26.1 Å². The lowest BCUT2D eigenvalue weighted by atomic mass is 10.0. The van der Waals surface area contributed by atoms with Crippen LogP contribution in [0.1, 0.15) is 43.9 Å². The van der Waals surface area contributed by atoms with Crippen molar-refractivity contribution in [1.82, 2.24) is 9.80 Å². The summed E-state index contributed by atoms with van der Waals surface area (Å²) in [6.07, 6.45) is 1.12. The maximum Gasteiger partial charge on any atom is 0.410 e. The summed E-state index contributed by atoms with van der Waals surface area (Å²) in [6, 6.07) is 15.3. The Labute approximate surface area is 190 Å². The molecule has 0 aliphatic carbocycles. The van der Waals surface area contributed by atoms with Gasteiger partial charge in [-0.15, -0.1) is 0 Å². The van der Waals surface area contributed by atoms with E-state index in [1.54, 1.807) is 11.0 Å². The van der Waals surface area contributed by atoms with Gasteiger partial charge in [-0.05, 0) is 57.7 Å². The molecule has 0 radical (unpaired) electrons. The molecule has 6 heteroatoms. The van der Waals surface area contributed by atoms with E-state index < -0.39 is 5.60 Å². The quantitative estimate of drug-likeness (QED) is 0.755. The first-order chi connectivity index (χ1) is 15.1. The van der Waals surface area contributed by atoms with Gasteiger partial charge >= 0.3 is 6.09 Å². The minimum atomic E-state index is -0.561. The number of hydrogen-bond donors (Lipinski definition) is 1. The normalized spacial score (nSPS) is 16.7. The molecule has 0 spiro atoms. The molecular weight excluding hydrogens is 404 g/mol. The Morgan fingerprint density at radius 3 is 2.50 bits per heavy atom. The summed E-state index contributed by atoms with van der Waals surface area (Å²) in [5.41, 5.74) is 2.40. The first-order valence-corrected chi connectivity index (χ1v) is 11.2. The van der Waals surface area contributed by atoms with Crippen LogP contribution in [-0.4, -0.2) is 58.2 Å². The van der Waals surface area contributed by atoms with Crippen molar-refractivity contribution in [3.05, 3.63) is 65.2 Å². The van der Waals surface area contributed by atoms with Crippen molar-refractivity contribution in [3.8, 4) is 5.75 Å². The van der Waals surface area contributed by atoms with Crippen molar-refractivity contribution in [2.24, 2.45) is 0 Å². The van der Waals surface area contributed by atoms with E-state index in [4.69, 9.17) is 4.74 Å². The average Bonchev–Trinajstić information content (AvgIpc) is 2.73. The smallest absolute Gasteiger partial charge is 0.410 e. The number of ether oxygens (including phenoxy) is 1. The predicted octanol–water partition coefficient (Wildman–Crippen LogP) is 4.32. The lowest BCUT2D eigenvalue weighted by Crippen LogP contribution is -2.57. The van der Waals surface area contributed by atoms with Gasteiger partial charge < -0.3 is 19.6 Å². The topological polar surface area (TPSA) is 70.1 Å². The molecule has 1 N–H and O–H groups in total. The van der Waals surface area contributed by atoms with Crippen LogP contribution in [0.25, 0.3) is 0 Å². The number of phenols is 1. The summed E-state index contributed by atoms with van der Waals surface area (Å²) >= 11 is 0. The zero-order valence-electron chi connectivity index (χ0n) is 19.5. The minimum Gasteiger partial charge on any atom is -0.508 e. The molecule has 6 nitrogen and oxygen atoms in total. The molecule has 1 fully saturated rings. The zero-order valence-corrected chi connectivity index (χ0v) is 19.5. The Hall–Kier alpha value is -3.02. The molecule has 0 bridgehead atoms. The molecule has 172 valence electrons. The first kappa shape index (κ1) is 23.6. The fraction of sp³-hybridized carbons (Fsp3) is 0.462. The Morgan fingerprint density at radius 1 is 1.09 bits per heavy atom. The molecule has 1 aliphatic heterocycles. The van der Waals surface area contributed by atoms with Crippen LogP contribution in [-0.2, 0) is 22.4 Å². The van der Waals surface area contributed by atoms with Gasteiger partial charge in [0.25, 0.3) is 0 Å². The van der Waals surface area contributed by atoms with E-state index in [0.29, 0.717) is 38.9 Å². The van der Waals surface area contributed by atoms with Crippen molar-refractivity contribution < 1.29 is 19.4 Å². The fourth-order valence-electron chi connectivity index (χ4n) is 4.04. The highest BCUT2D eigenvalue weighted by molar-refractivity contribution is 5.77. The molecule has 2 amide bonds. The summed E-state index contributed by atoms with van der Waals surface area (Å²) in [5.74, 6) is 0.259. The van der Waals surface area contributed by atoms with Crippen molar-refractivity contribution in [3.63, 3.8) is 0 Å². The Balaban J connectivity index is 1.71. The highest BCUT2D eigenvalue weighted by atomic mass is 16.6. The Bertz CT molecular complexity index is 937. The number of hydrogen-bond acceptors (Lipinski definition) is 4. The van der Waals surface area contributed by atoms with Crippen molar-refractivity contribution in [1.29, 1.82) is 0 Å². The summed E-state index contributed by atoms with van der Waals surface area (Å²) in [7, 11) is 0. The van der Waals surface area contributed by atoms with Gasteiger partial charge in [0.2, 0.25) is 5.91 Å². The lowest BCUT2D eigenvalue weighted by Gasteiger charge is -2.42. The number of carbonyl (C=O) groups is 2. The van der Waals surface area contributed by atoms with Crippen molar-refractivity contribution in [2.75, 3.05) is 19.6 Å². The molecule has 1 aliphatic rings. The lowest BCUT2D eigenvalue weighted by molar-refractivity contribution is -0.136. The number of nitrogens with zero attached hydrogens (tertiary/aromatic N) is 2. The second kappa shape index (κ2) is 10.1. The monoisotopic (exact) mass is 438 g/mol. The van der Waals surface area contributed by atoms with E-state index in [1.165, 1.54) is 0 Å². The molecule has 1 atom stereocenters. The third kappa shape index (κ3) is 6.49. The van der Waals surface area contributed by atoms with Gasteiger partial charge in [-0.2, -0.15) is 0 Å². The molecule has 1 heterocycles. The van der Waals surface area contributed by atoms with Crippen molar-refractivity contribution >= 4 is 12.0 Å². The van der Waals surface area contributed by atoms with E-state index in [-0.39, 0.29) is 23.8 Å².